The van der Waals surface area contributed by atoms with Crippen molar-refractivity contribution in [2.24, 2.45) is 5.73 Å². The first-order valence-corrected chi connectivity index (χ1v) is 8.38. The third-order valence-corrected chi connectivity index (χ3v) is 5.05. The number of rotatable bonds is 3. The summed E-state index contributed by atoms with van der Waals surface area (Å²) >= 11 is 5.33. The van der Waals surface area contributed by atoms with Crippen LogP contribution in [0.5, 0.6) is 0 Å². The highest BCUT2D eigenvalue weighted by Gasteiger charge is 2.32. The number of amides is 1. The van der Waals surface area contributed by atoms with E-state index in [-0.39, 0.29) is 24.4 Å². The van der Waals surface area contributed by atoms with Crippen LogP contribution in [0.3, 0.4) is 0 Å². The Labute approximate surface area is 139 Å². The van der Waals surface area contributed by atoms with Crippen LogP contribution in [-0.2, 0) is 10.3 Å². The van der Waals surface area contributed by atoms with Crippen molar-refractivity contribution >= 4 is 46.0 Å². The highest BCUT2D eigenvalue weighted by atomic mass is 79.9. The summed E-state index contributed by atoms with van der Waals surface area (Å²) in [5.74, 6) is 2.14. The minimum absolute atomic E-state index is 0. The summed E-state index contributed by atoms with van der Waals surface area (Å²) in [7, 11) is 0. The molecule has 3 N–H and O–H groups in total. The molecule has 1 heterocycles. The van der Waals surface area contributed by atoms with E-state index >= 15 is 0 Å². The van der Waals surface area contributed by atoms with Gasteiger partial charge in [0.2, 0.25) is 5.91 Å². The lowest BCUT2D eigenvalue weighted by Gasteiger charge is -2.29. The quantitative estimate of drug-likeness (QED) is 0.848. The molecule has 0 spiro atoms. The molecule has 1 unspecified atom stereocenters. The molecule has 0 saturated carbocycles. The fourth-order valence-electron chi connectivity index (χ4n) is 2.10. The number of hydrogen-bond acceptors (Lipinski definition) is 3. The topological polar surface area (TPSA) is 55.1 Å². The summed E-state index contributed by atoms with van der Waals surface area (Å²) in [5.41, 5.74) is 6.07. The molecule has 0 radical (unpaired) electrons. The van der Waals surface area contributed by atoms with Gasteiger partial charge in [0, 0.05) is 10.5 Å². The Hall–Kier alpha value is -0.230. The Morgan fingerprint density at radius 1 is 1.35 bits per heavy atom. The van der Waals surface area contributed by atoms with Crippen molar-refractivity contribution in [3.8, 4) is 0 Å². The van der Waals surface area contributed by atoms with E-state index in [0.29, 0.717) is 0 Å². The van der Waals surface area contributed by atoms with Crippen molar-refractivity contribution in [3.05, 3.63) is 34.3 Å². The van der Waals surface area contributed by atoms with Crippen LogP contribution in [0.25, 0.3) is 0 Å². The van der Waals surface area contributed by atoms with E-state index in [4.69, 9.17) is 5.73 Å². The number of halogens is 2. The van der Waals surface area contributed by atoms with Gasteiger partial charge in [-0.1, -0.05) is 28.1 Å². The zero-order valence-corrected chi connectivity index (χ0v) is 14.6. The Bertz CT molecular complexity index is 447. The zero-order chi connectivity index (χ0) is 13.9. The van der Waals surface area contributed by atoms with Gasteiger partial charge in [0.1, 0.15) is 5.54 Å². The van der Waals surface area contributed by atoms with E-state index in [2.05, 4.69) is 21.2 Å². The van der Waals surface area contributed by atoms with Crippen LogP contribution in [0.4, 0.5) is 0 Å². The maximum atomic E-state index is 12.4. The lowest BCUT2D eigenvalue weighted by molar-refractivity contribution is -0.126. The highest BCUT2D eigenvalue weighted by Crippen LogP contribution is 2.22. The van der Waals surface area contributed by atoms with Crippen molar-refractivity contribution in [1.82, 2.24) is 5.32 Å². The fourth-order valence-corrected chi connectivity index (χ4v) is 3.48. The Kier molecular flexibility index (Phi) is 6.85. The second-order valence-corrected chi connectivity index (χ2v) is 7.21. The number of nitrogens with one attached hydrogen (secondary N) is 1. The van der Waals surface area contributed by atoms with Gasteiger partial charge in [-0.3, -0.25) is 4.79 Å². The first kappa shape index (κ1) is 17.8. The van der Waals surface area contributed by atoms with Crippen molar-refractivity contribution in [3.63, 3.8) is 0 Å². The predicted octanol–water partition coefficient (Wildman–Crippen LogP) is 3.06. The van der Waals surface area contributed by atoms with Gasteiger partial charge in [-0.25, -0.2) is 0 Å². The van der Waals surface area contributed by atoms with Gasteiger partial charge in [-0.05, 0) is 49.0 Å². The predicted molar refractivity (Wildman–Crippen MR) is 91.4 cm³/mol. The number of carbonyl (C=O) groups excluding carboxylic acids is 1. The lowest BCUT2D eigenvalue weighted by atomic mass is 9.91. The molecule has 0 bridgehead atoms. The molecule has 6 heteroatoms. The van der Waals surface area contributed by atoms with Crippen LogP contribution in [-0.4, -0.2) is 23.5 Å². The molecule has 20 heavy (non-hydrogen) atoms. The molecule has 1 amide bonds. The van der Waals surface area contributed by atoms with Crippen LogP contribution < -0.4 is 11.1 Å². The van der Waals surface area contributed by atoms with Gasteiger partial charge < -0.3 is 11.1 Å². The number of hydrogen-bond donors (Lipinski definition) is 2. The van der Waals surface area contributed by atoms with Crippen molar-refractivity contribution in [2.75, 3.05) is 11.5 Å². The van der Waals surface area contributed by atoms with Gasteiger partial charge in [-0.15, -0.1) is 12.4 Å². The summed E-state index contributed by atoms with van der Waals surface area (Å²) in [6, 6.07) is 7.86. The molecule has 0 aliphatic carbocycles. The average molecular weight is 380 g/mol. The van der Waals surface area contributed by atoms with Crippen molar-refractivity contribution in [2.45, 2.75) is 31.3 Å². The molecule has 2 rings (SSSR count). The number of benzene rings is 1. The number of thioether (sulfide) groups is 1. The maximum Gasteiger partial charge on any atom is 0.244 e. The molecule has 3 nitrogen and oxygen atoms in total. The van der Waals surface area contributed by atoms with Crippen LogP contribution in [0.15, 0.2) is 28.7 Å². The summed E-state index contributed by atoms with van der Waals surface area (Å²) < 4.78 is 0.983. The first-order chi connectivity index (χ1) is 9.00. The first-order valence-electron chi connectivity index (χ1n) is 6.44. The van der Waals surface area contributed by atoms with E-state index in [1.165, 1.54) is 0 Å². The van der Waals surface area contributed by atoms with Gasteiger partial charge in [-0.2, -0.15) is 11.8 Å². The Balaban J connectivity index is 0.00000200. The number of carbonyl (C=O) groups is 1. The fraction of sp³-hybridized carbons (Fsp3) is 0.500. The maximum absolute atomic E-state index is 12.4. The molecule has 1 aromatic carbocycles. The standard InChI is InChI=1S/C14H19BrN2OS.ClH/c1-14(16,10-2-4-11(15)5-3-10)13(18)17-12-6-8-19-9-7-12;/h2-5,12H,6-9,16H2,1H3,(H,17,18);1H. The summed E-state index contributed by atoms with van der Waals surface area (Å²) in [6.45, 7) is 1.77. The SMILES string of the molecule is CC(N)(C(=O)NC1CCSCC1)c1ccc(Br)cc1.Cl. The zero-order valence-electron chi connectivity index (χ0n) is 11.4. The van der Waals surface area contributed by atoms with Gasteiger partial charge in [0.15, 0.2) is 0 Å². The van der Waals surface area contributed by atoms with Gasteiger partial charge in [0.05, 0.1) is 0 Å². The molecular weight excluding hydrogens is 360 g/mol. The highest BCUT2D eigenvalue weighted by molar-refractivity contribution is 9.10. The molecule has 1 atom stereocenters. The molecular formula is C14H20BrClN2OS. The smallest absolute Gasteiger partial charge is 0.244 e. The van der Waals surface area contributed by atoms with E-state index in [1.807, 2.05) is 36.0 Å². The summed E-state index contributed by atoms with van der Waals surface area (Å²) in [4.78, 5) is 12.4. The van der Waals surface area contributed by atoms with Crippen molar-refractivity contribution in [1.29, 1.82) is 0 Å². The molecule has 1 aromatic rings. The molecule has 1 saturated heterocycles. The molecule has 1 aliphatic rings. The van der Waals surface area contributed by atoms with Gasteiger partial charge in [0.25, 0.3) is 0 Å². The molecule has 0 aromatic heterocycles. The summed E-state index contributed by atoms with van der Waals surface area (Å²) in [6.07, 6.45) is 2.07. The van der Waals surface area contributed by atoms with Gasteiger partial charge >= 0.3 is 0 Å². The largest absolute Gasteiger partial charge is 0.351 e. The molecule has 112 valence electrons. The Morgan fingerprint density at radius 2 is 1.90 bits per heavy atom. The third kappa shape index (κ3) is 4.38. The van der Waals surface area contributed by atoms with Crippen LogP contribution >= 0.6 is 40.1 Å². The lowest BCUT2D eigenvalue weighted by Crippen LogP contribution is -2.52. The normalized spacial score (nSPS) is 18.8. The second-order valence-electron chi connectivity index (χ2n) is 5.07. The number of nitrogens with two attached hydrogens (primary N) is 1. The van der Waals surface area contributed by atoms with Crippen LogP contribution in [0, 0.1) is 0 Å². The average Bonchev–Trinajstić information content (AvgIpc) is 2.40. The monoisotopic (exact) mass is 378 g/mol. The Morgan fingerprint density at radius 3 is 2.45 bits per heavy atom. The molecule has 1 aliphatic heterocycles. The third-order valence-electron chi connectivity index (χ3n) is 3.47. The van der Waals surface area contributed by atoms with E-state index in [9.17, 15) is 4.79 Å². The molecule has 1 fully saturated rings. The van der Waals surface area contributed by atoms with E-state index in [1.54, 1.807) is 6.92 Å². The minimum Gasteiger partial charge on any atom is -0.351 e. The van der Waals surface area contributed by atoms with Crippen molar-refractivity contribution < 1.29 is 4.79 Å². The summed E-state index contributed by atoms with van der Waals surface area (Å²) in [5, 5.41) is 3.08. The van der Waals surface area contributed by atoms with Crippen LogP contribution in [0.2, 0.25) is 0 Å². The van der Waals surface area contributed by atoms with Crippen LogP contribution in [0.1, 0.15) is 25.3 Å². The van der Waals surface area contributed by atoms with E-state index < -0.39 is 5.54 Å². The minimum atomic E-state index is -0.981. The second kappa shape index (κ2) is 7.69. The van der Waals surface area contributed by atoms with E-state index in [0.717, 1.165) is 34.4 Å².